The van der Waals surface area contributed by atoms with E-state index in [-0.39, 0.29) is 16.3 Å². The van der Waals surface area contributed by atoms with Gasteiger partial charge in [0.15, 0.2) is 5.58 Å². The Morgan fingerprint density at radius 3 is 2.52 bits per heavy atom. The first-order valence-corrected chi connectivity index (χ1v) is 9.26. The molecule has 136 valence electrons. The Labute approximate surface area is 153 Å². The molecule has 0 atom stereocenters. The Kier molecular flexibility index (Phi) is 3.96. The molecule has 0 aliphatic rings. The molecule has 1 N–H and O–H groups in total. The number of hydrogen-bond acceptors (Lipinski definition) is 7. The van der Waals surface area contributed by atoms with Crippen molar-refractivity contribution < 1.29 is 12.8 Å². The van der Waals surface area contributed by atoms with E-state index < -0.39 is 15.8 Å². The van der Waals surface area contributed by atoms with Gasteiger partial charge in [-0.15, -0.1) is 0 Å². The van der Waals surface area contributed by atoms with Gasteiger partial charge in [-0.25, -0.2) is 28.2 Å². The fraction of sp³-hybridized carbons (Fsp3) is 0.0588. The Hall–Kier alpha value is -3.53. The summed E-state index contributed by atoms with van der Waals surface area (Å²) in [6.45, 7) is 0. The number of anilines is 1. The van der Waals surface area contributed by atoms with E-state index in [0.29, 0.717) is 5.52 Å². The van der Waals surface area contributed by atoms with Crippen LogP contribution in [0.25, 0.3) is 22.2 Å². The monoisotopic (exact) mass is 383 g/mol. The van der Waals surface area contributed by atoms with E-state index in [4.69, 9.17) is 4.42 Å². The molecule has 3 heterocycles. The molecule has 0 unspecified atom stereocenters. The minimum Gasteiger partial charge on any atom is -0.408 e. The lowest BCUT2D eigenvalue weighted by molar-refractivity contribution is 0.527. The highest BCUT2D eigenvalue weighted by Gasteiger charge is 2.17. The van der Waals surface area contributed by atoms with Crippen LogP contribution in [0.1, 0.15) is 0 Å². The number of rotatable bonds is 4. The molecule has 0 fully saturated rings. The zero-order chi connectivity index (χ0) is 19.0. The van der Waals surface area contributed by atoms with E-state index in [2.05, 4.69) is 19.7 Å². The van der Waals surface area contributed by atoms with Crippen LogP contribution < -0.4 is 10.5 Å². The van der Waals surface area contributed by atoms with E-state index >= 15 is 0 Å². The molecule has 0 radical (unpaired) electrons. The molecular weight excluding hydrogens is 370 g/mol. The predicted molar refractivity (Wildman–Crippen MR) is 97.5 cm³/mol. The quantitative estimate of drug-likeness (QED) is 0.570. The number of oxazole rings is 1. The maximum absolute atomic E-state index is 12.6. The van der Waals surface area contributed by atoms with Crippen LogP contribution in [0.2, 0.25) is 0 Å². The maximum Gasteiger partial charge on any atom is 0.419 e. The minimum absolute atomic E-state index is 0.0355. The number of hydrogen-bond donors (Lipinski definition) is 1. The summed E-state index contributed by atoms with van der Waals surface area (Å²) in [6.07, 6.45) is 6.22. The number of nitrogens with zero attached hydrogens (tertiary/aromatic N) is 4. The second-order valence-electron chi connectivity index (χ2n) is 5.72. The molecule has 0 saturated heterocycles. The first kappa shape index (κ1) is 16.9. The third kappa shape index (κ3) is 3.17. The number of benzene rings is 1. The van der Waals surface area contributed by atoms with Gasteiger partial charge < -0.3 is 4.42 Å². The molecule has 3 aromatic heterocycles. The number of pyridine rings is 1. The Morgan fingerprint density at radius 2 is 1.81 bits per heavy atom. The third-order valence-corrected chi connectivity index (χ3v) is 5.32. The lowest BCUT2D eigenvalue weighted by Gasteiger charge is -2.08. The van der Waals surface area contributed by atoms with Gasteiger partial charge in [-0.3, -0.25) is 9.29 Å². The zero-order valence-corrected chi connectivity index (χ0v) is 14.8. The van der Waals surface area contributed by atoms with Crippen molar-refractivity contribution in [3.05, 3.63) is 65.8 Å². The summed E-state index contributed by atoms with van der Waals surface area (Å²) in [6, 6.07) is 7.47. The molecule has 9 nitrogen and oxygen atoms in total. The normalized spacial score (nSPS) is 11.6. The molecule has 1 aromatic carbocycles. The third-order valence-electron chi connectivity index (χ3n) is 3.97. The molecule has 0 bridgehead atoms. The average molecular weight is 383 g/mol. The Bertz CT molecular complexity index is 1280. The minimum atomic E-state index is -3.89. The van der Waals surface area contributed by atoms with Gasteiger partial charge in [0.1, 0.15) is 12.1 Å². The number of nitrogens with one attached hydrogen (secondary N) is 1. The highest BCUT2D eigenvalue weighted by molar-refractivity contribution is 7.92. The van der Waals surface area contributed by atoms with Crippen LogP contribution in [0.3, 0.4) is 0 Å². The molecule has 0 aliphatic heterocycles. The molecule has 27 heavy (non-hydrogen) atoms. The summed E-state index contributed by atoms with van der Waals surface area (Å²) in [5.74, 6) is -0.403. The van der Waals surface area contributed by atoms with Gasteiger partial charge >= 0.3 is 5.76 Å². The van der Waals surface area contributed by atoms with Crippen molar-refractivity contribution in [2.45, 2.75) is 4.90 Å². The van der Waals surface area contributed by atoms with E-state index in [0.717, 1.165) is 11.1 Å². The smallest absolute Gasteiger partial charge is 0.408 e. The van der Waals surface area contributed by atoms with E-state index in [1.165, 1.54) is 35.3 Å². The first-order valence-electron chi connectivity index (χ1n) is 7.78. The van der Waals surface area contributed by atoms with Gasteiger partial charge in [-0.2, -0.15) is 0 Å². The number of sulfonamides is 1. The summed E-state index contributed by atoms with van der Waals surface area (Å²) in [5.41, 5.74) is 2.22. The van der Waals surface area contributed by atoms with Gasteiger partial charge in [0.2, 0.25) is 0 Å². The number of fused-ring (bicyclic) bond motifs is 1. The summed E-state index contributed by atoms with van der Waals surface area (Å²) < 4.78 is 33.9. The van der Waals surface area contributed by atoms with Crippen LogP contribution in [-0.2, 0) is 17.1 Å². The molecule has 4 aromatic rings. The highest BCUT2D eigenvalue weighted by Crippen LogP contribution is 2.22. The van der Waals surface area contributed by atoms with E-state index in [1.54, 1.807) is 31.6 Å². The molecule has 4 rings (SSSR count). The second kappa shape index (κ2) is 6.32. The number of aromatic nitrogens is 4. The fourth-order valence-electron chi connectivity index (χ4n) is 2.55. The molecule has 10 heteroatoms. The van der Waals surface area contributed by atoms with Crippen LogP contribution in [0.15, 0.2) is 69.4 Å². The fourth-order valence-corrected chi connectivity index (χ4v) is 3.57. The molecule has 0 aliphatic carbocycles. The van der Waals surface area contributed by atoms with E-state index in [9.17, 15) is 13.2 Å². The summed E-state index contributed by atoms with van der Waals surface area (Å²) in [4.78, 5) is 23.5. The van der Waals surface area contributed by atoms with Gasteiger partial charge in [0, 0.05) is 42.8 Å². The van der Waals surface area contributed by atoms with Crippen molar-refractivity contribution in [2.75, 3.05) is 4.72 Å². The van der Waals surface area contributed by atoms with Crippen molar-refractivity contribution in [2.24, 2.45) is 7.05 Å². The standard InChI is InChI=1S/C17H13N5O4S/c1-22-14-4-3-13(6-15(14)26-17(22)23)27(24,25)21-16-5-2-11(9-20-16)12-7-18-10-19-8-12/h2-10H,1H3,(H,20,21). The van der Waals surface area contributed by atoms with Crippen molar-refractivity contribution >= 4 is 26.9 Å². The van der Waals surface area contributed by atoms with Crippen LogP contribution in [-0.4, -0.2) is 27.9 Å². The van der Waals surface area contributed by atoms with Crippen molar-refractivity contribution in [3.8, 4) is 11.1 Å². The molecule has 0 amide bonds. The molecule has 0 saturated carbocycles. The summed E-state index contributed by atoms with van der Waals surface area (Å²) >= 11 is 0. The SMILES string of the molecule is Cn1c(=O)oc2cc(S(=O)(=O)Nc3ccc(-c4cncnc4)cn3)ccc21. The first-order chi connectivity index (χ1) is 12.9. The van der Waals surface area contributed by atoms with Crippen LogP contribution in [0, 0.1) is 0 Å². The second-order valence-corrected chi connectivity index (χ2v) is 7.40. The van der Waals surface area contributed by atoms with Crippen molar-refractivity contribution in [1.82, 2.24) is 19.5 Å². The Balaban J connectivity index is 1.62. The maximum atomic E-state index is 12.6. The summed E-state index contributed by atoms with van der Waals surface area (Å²) in [7, 11) is -2.35. The van der Waals surface area contributed by atoms with Crippen molar-refractivity contribution in [3.63, 3.8) is 0 Å². The number of aryl methyl sites for hydroxylation is 1. The summed E-state index contributed by atoms with van der Waals surface area (Å²) in [5, 5.41) is 0. The largest absolute Gasteiger partial charge is 0.419 e. The predicted octanol–water partition coefficient (Wildman–Crippen LogP) is 1.78. The van der Waals surface area contributed by atoms with Crippen LogP contribution in [0.4, 0.5) is 5.82 Å². The van der Waals surface area contributed by atoms with Crippen LogP contribution >= 0.6 is 0 Å². The topological polar surface area (TPSA) is 120 Å². The lowest BCUT2D eigenvalue weighted by atomic mass is 10.1. The zero-order valence-electron chi connectivity index (χ0n) is 14.0. The van der Waals surface area contributed by atoms with Gasteiger partial charge in [-0.1, -0.05) is 0 Å². The van der Waals surface area contributed by atoms with Gasteiger partial charge in [-0.05, 0) is 24.3 Å². The van der Waals surface area contributed by atoms with Crippen LogP contribution in [0.5, 0.6) is 0 Å². The molecular formula is C17H13N5O4S. The van der Waals surface area contributed by atoms with E-state index in [1.807, 2.05) is 0 Å². The lowest BCUT2D eigenvalue weighted by Crippen LogP contribution is -2.13. The highest BCUT2D eigenvalue weighted by atomic mass is 32.2. The van der Waals surface area contributed by atoms with Gasteiger partial charge in [0.05, 0.1) is 10.4 Å². The molecule has 0 spiro atoms. The van der Waals surface area contributed by atoms with Crippen molar-refractivity contribution in [1.29, 1.82) is 0 Å². The Morgan fingerprint density at radius 1 is 1.04 bits per heavy atom. The average Bonchev–Trinajstić information content (AvgIpc) is 2.96. The van der Waals surface area contributed by atoms with Gasteiger partial charge in [0.25, 0.3) is 10.0 Å².